The van der Waals surface area contributed by atoms with Gasteiger partial charge in [-0.25, -0.2) is 4.98 Å². The lowest BCUT2D eigenvalue weighted by Crippen LogP contribution is -1.85. The molecule has 0 bridgehead atoms. The van der Waals surface area contributed by atoms with Crippen LogP contribution in [0, 0.1) is 0 Å². The molecule has 3 N–H and O–H groups in total. The van der Waals surface area contributed by atoms with Crippen LogP contribution in [0.2, 0.25) is 0 Å². The van der Waals surface area contributed by atoms with Gasteiger partial charge in [-0.1, -0.05) is 6.07 Å². The van der Waals surface area contributed by atoms with Crippen molar-refractivity contribution in [2.75, 3.05) is 7.11 Å². The minimum absolute atomic E-state index is 0.0219. The Morgan fingerprint density at radius 1 is 1.20 bits per heavy atom. The quantitative estimate of drug-likeness (QED) is 0.683. The van der Waals surface area contributed by atoms with Crippen molar-refractivity contribution >= 4 is 11.0 Å². The zero-order valence-corrected chi connectivity index (χ0v) is 10.9. The highest BCUT2D eigenvalue weighted by Gasteiger charge is 2.10. The van der Waals surface area contributed by atoms with E-state index in [1.807, 2.05) is 18.2 Å². The van der Waals surface area contributed by atoms with Gasteiger partial charge in [0.25, 0.3) is 0 Å². The van der Waals surface area contributed by atoms with Gasteiger partial charge in [-0.15, -0.1) is 0 Å². The highest BCUT2D eigenvalue weighted by Crippen LogP contribution is 2.31. The summed E-state index contributed by atoms with van der Waals surface area (Å²) in [5, 5.41) is 19.2. The predicted molar refractivity (Wildman–Crippen MR) is 75.7 cm³/mol. The van der Waals surface area contributed by atoms with Crippen molar-refractivity contribution in [1.82, 2.24) is 9.97 Å². The third-order valence-electron chi connectivity index (χ3n) is 3.19. The lowest BCUT2D eigenvalue weighted by molar-refractivity contribution is 0.282. The number of aromatic nitrogens is 2. The molecule has 0 spiro atoms. The molecule has 0 aliphatic heterocycles. The molecule has 102 valence electrons. The Bertz CT molecular complexity index is 765. The molecule has 20 heavy (non-hydrogen) atoms. The molecule has 1 heterocycles. The maximum atomic E-state index is 10.0. The topological polar surface area (TPSA) is 78.4 Å². The molecule has 0 aliphatic carbocycles. The van der Waals surface area contributed by atoms with Crippen LogP contribution in [0.15, 0.2) is 36.4 Å². The van der Waals surface area contributed by atoms with Crippen LogP contribution < -0.4 is 4.74 Å². The molecule has 2 aromatic carbocycles. The van der Waals surface area contributed by atoms with Crippen LogP contribution >= 0.6 is 0 Å². The number of H-pyrrole nitrogens is 1. The number of ether oxygens (including phenoxy) is 1. The van der Waals surface area contributed by atoms with Gasteiger partial charge in [-0.2, -0.15) is 0 Å². The van der Waals surface area contributed by atoms with Crippen molar-refractivity contribution < 1.29 is 14.9 Å². The summed E-state index contributed by atoms with van der Waals surface area (Å²) in [7, 11) is 1.55. The SMILES string of the molecule is COc1ccc(-c2nc3cc(CO)ccc3[nH]2)c(O)c1. The van der Waals surface area contributed by atoms with E-state index in [1.54, 1.807) is 25.3 Å². The number of nitrogens with one attached hydrogen (secondary N) is 1. The largest absolute Gasteiger partial charge is 0.507 e. The minimum Gasteiger partial charge on any atom is -0.507 e. The molecular weight excluding hydrogens is 256 g/mol. The normalized spacial score (nSPS) is 10.9. The van der Waals surface area contributed by atoms with E-state index in [0.29, 0.717) is 17.1 Å². The monoisotopic (exact) mass is 270 g/mol. The number of fused-ring (bicyclic) bond motifs is 1. The van der Waals surface area contributed by atoms with Crippen LogP contribution in [0.3, 0.4) is 0 Å². The fraction of sp³-hybridized carbons (Fsp3) is 0.133. The number of hydrogen-bond acceptors (Lipinski definition) is 4. The first-order valence-electron chi connectivity index (χ1n) is 6.18. The van der Waals surface area contributed by atoms with E-state index in [4.69, 9.17) is 9.84 Å². The summed E-state index contributed by atoms with van der Waals surface area (Å²) in [6.07, 6.45) is 0. The third kappa shape index (κ3) is 2.08. The van der Waals surface area contributed by atoms with E-state index in [9.17, 15) is 5.11 Å². The number of nitrogens with zero attached hydrogens (tertiary/aromatic N) is 1. The van der Waals surface area contributed by atoms with Crippen molar-refractivity contribution in [2.45, 2.75) is 6.61 Å². The Morgan fingerprint density at radius 3 is 2.75 bits per heavy atom. The molecule has 0 fully saturated rings. The summed E-state index contributed by atoms with van der Waals surface area (Å²) in [5.74, 6) is 1.27. The second-order valence-electron chi connectivity index (χ2n) is 4.48. The number of phenolic OH excluding ortho intramolecular Hbond substituents is 1. The first kappa shape index (κ1) is 12.5. The number of aliphatic hydroxyl groups is 1. The van der Waals surface area contributed by atoms with Crippen molar-refractivity contribution in [3.8, 4) is 22.9 Å². The van der Waals surface area contributed by atoms with Crippen LogP contribution in [-0.4, -0.2) is 27.3 Å². The van der Waals surface area contributed by atoms with E-state index in [2.05, 4.69) is 9.97 Å². The number of aromatic hydroxyl groups is 1. The second-order valence-corrected chi connectivity index (χ2v) is 4.48. The Labute approximate surface area is 115 Å². The number of methoxy groups -OCH3 is 1. The molecule has 0 unspecified atom stereocenters. The highest BCUT2D eigenvalue weighted by molar-refractivity contribution is 5.81. The van der Waals surface area contributed by atoms with Crippen LogP contribution in [0.4, 0.5) is 0 Å². The molecular formula is C15H14N2O3. The Kier molecular flexibility index (Phi) is 3.04. The molecule has 0 aliphatic rings. The van der Waals surface area contributed by atoms with Gasteiger partial charge in [0.1, 0.15) is 17.3 Å². The Hall–Kier alpha value is -2.53. The van der Waals surface area contributed by atoms with Gasteiger partial charge in [-0.3, -0.25) is 0 Å². The summed E-state index contributed by atoms with van der Waals surface area (Å²) < 4.78 is 5.06. The molecule has 3 rings (SSSR count). The minimum atomic E-state index is -0.0219. The summed E-state index contributed by atoms with van der Waals surface area (Å²) in [4.78, 5) is 7.59. The molecule has 0 amide bonds. The first-order chi connectivity index (χ1) is 9.71. The molecule has 1 aromatic heterocycles. The van der Waals surface area contributed by atoms with Crippen LogP contribution in [-0.2, 0) is 6.61 Å². The van der Waals surface area contributed by atoms with E-state index in [0.717, 1.165) is 16.6 Å². The van der Waals surface area contributed by atoms with Gasteiger partial charge in [-0.05, 0) is 29.8 Å². The van der Waals surface area contributed by atoms with Crippen molar-refractivity contribution in [3.05, 3.63) is 42.0 Å². The number of imidazole rings is 1. The second kappa shape index (κ2) is 4.86. The molecule has 5 heteroatoms. The van der Waals surface area contributed by atoms with E-state index in [1.165, 1.54) is 0 Å². The van der Waals surface area contributed by atoms with Crippen LogP contribution in [0.5, 0.6) is 11.5 Å². The van der Waals surface area contributed by atoms with Gasteiger partial charge in [0, 0.05) is 6.07 Å². The maximum Gasteiger partial charge on any atom is 0.142 e. The highest BCUT2D eigenvalue weighted by atomic mass is 16.5. The van der Waals surface area contributed by atoms with Crippen LogP contribution in [0.1, 0.15) is 5.56 Å². The first-order valence-corrected chi connectivity index (χ1v) is 6.18. The zero-order chi connectivity index (χ0) is 14.1. The molecule has 3 aromatic rings. The predicted octanol–water partition coefficient (Wildman–Crippen LogP) is 2.44. The average Bonchev–Trinajstić information content (AvgIpc) is 2.89. The summed E-state index contributed by atoms with van der Waals surface area (Å²) >= 11 is 0. The fourth-order valence-electron chi connectivity index (χ4n) is 2.12. The van der Waals surface area contributed by atoms with E-state index < -0.39 is 0 Å². The van der Waals surface area contributed by atoms with E-state index in [-0.39, 0.29) is 12.4 Å². The number of aromatic amines is 1. The van der Waals surface area contributed by atoms with Gasteiger partial charge in [0.2, 0.25) is 0 Å². The number of rotatable bonds is 3. The summed E-state index contributed by atoms with van der Waals surface area (Å²) in [6, 6.07) is 10.6. The Morgan fingerprint density at radius 2 is 2.05 bits per heavy atom. The van der Waals surface area contributed by atoms with Crippen molar-refractivity contribution in [2.24, 2.45) is 0 Å². The fourth-order valence-corrected chi connectivity index (χ4v) is 2.12. The van der Waals surface area contributed by atoms with E-state index >= 15 is 0 Å². The van der Waals surface area contributed by atoms with Crippen LogP contribution in [0.25, 0.3) is 22.4 Å². The zero-order valence-electron chi connectivity index (χ0n) is 10.9. The number of hydrogen-bond donors (Lipinski definition) is 3. The molecule has 0 atom stereocenters. The number of aliphatic hydroxyl groups excluding tert-OH is 1. The van der Waals surface area contributed by atoms with Gasteiger partial charge in [0.05, 0.1) is 30.3 Å². The maximum absolute atomic E-state index is 10.0. The lowest BCUT2D eigenvalue weighted by atomic mass is 10.2. The van der Waals surface area contributed by atoms with Gasteiger partial charge >= 0.3 is 0 Å². The standard InChI is InChI=1S/C15H14N2O3/c1-20-10-3-4-11(14(19)7-10)15-16-12-5-2-9(8-18)6-13(12)17-15/h2-7,18-19H,8H2,1H3,(H,16,17). The number of phenols is 1. The summed E-state index contributed by atoms with van der Waals surface area (Å²) in [6.45, 7) is -0.0219. The van der Waals surface area contributed by atoms with Gasteiger partial charge < -0.3 is 19.9 Å². The number of benzene rings is 2. The molecule has 5 nitrogen and oxygen atoms in total. The smallest absolute Gasteiger partial charge is 0.142 e. The van der Waals surface area contributed by atoms with Crippen molar-refractivity contribution in [3.63, 3.8) is 0 Å². The lowest BCUT2D eigenvalue weighted by Gasteiger charge is -2.04. The van der Waals surface area contributed by atoms with Gasteiger partial charge in [0.15, 0.2) is 0 Å². The average molecular weight is 270 g/mol. The summed E-state index contributed by atoms with van der Waals surface area (Å²) in [5.41, 5.74) is 3.01. The molecule has 0 saturated heterocycles. The van der Waals surface area contributed by atoms with Crippen molar-refractivity contribution in [1.29, 1.82) is 0 Å². The molecule has 0 radical (unpaired) electrons. The molecule has 0 saturated carbocycles. The Balaban J connectivity index is 2.10. The third-order valence-corrected chi connectivity index (χ3v) is 3.19.